The Hall–Kier alpha value is -3.02. The van der Waals surface area contributed by atoms with Gasteiger partial charge in [0.25, 0.3) is 5.91 Å². The van der Waals surface area contributed by atoms with Crippen LogP contribution in [0, 0.1) is 0 Å². The molecule has 0 aliphatic carbocycles. The van der Waals surface area contributed by atoms with Crippen molar-refractivity contribution < 1.29 is 9.53 Å². The summed E-state index contributed by atoms with van der Waals surface area (Å²) in [6.07, 6.45) is 0. The van der Waals surface area contributed by atoms with Crippen molar-refractivity contribution >= 4 is 22.6 Å². The van der Waals surface area contributed by atoms with Gasteiger partial charge in [-0.3, -0.25) is 4.79 Å². The second kappa shape index (κ2) is 5.54. The van der Waals surface area contributed by atoms with E-state index in [9.17, 15) is 4.79 Å². The summed E-state index contributed by atoms with van der Waals surface area (Å²) in [6, 6.07) is 14.4. The van der Waals surface area contributed by atoms with Crippen LogP contribution in [0.3, 0.4) is 0 Å². The van der Waals surface area contributed by atoms with Crippen molar-refractivity contribution in [1.82, 2.24) is 15.2 Å². The van der Waals surface area contributed by atoms with E-state index in [1.165, 1.54) is 0 Å². The van der Waals surface area contributed by atoms with Crippen molar-refractivity contribution in [3.63, 3.8) is 0 Å². The molecule has 0 aliphatic heterocycles. The quantitative estimate of drug-likeness (QED) is 0.796. The molecule has 0 spiro atoms. The van der Waals surface area contributed by atoms with Gasteiger partial charge in [0.15, 0.2) is 0 Å². The van der Waals surface area contributed by atoms with Crippen LogP contribution in [0.2, 0.25) is 0 Å². The number of anilines is 1. The Morgan fingerprint density at radius 3 is 2.52 bits per heavy atom. The molecule has 1 amide bonds. The molecule has 1 N–H and O–H groups in total. The number of carbonyl (C=O) groups is 1. The molecule has 21 heavy (non-hydrogen) atoms. The molecule has 1 heterocycles. The molecule has 2 aromatic carbocycles. The smallest absolute Gasteiger partial charge is 0.295 e. The van der Waals surface area contributed by atoms with E-state index < -0.39 is 5.91 Å². The van der Waals surface area contributed by atoms with Crippen molar-refractivity contribution in [3.8, 4) is 5.75 Å². The van der Waals surface area contributed by atoms with Gasteiger partial charge < -0.3 is 10.1 Å². The predicted molar refractivity (Wildman–Crippen MR) is 78.3 cm³/mol. The van der Waals surface area contributed by atoms with Gasteiger partial charge in [0.05, 0.1) is 18.3 Å². The number of para-hydroxylation sites is 3. The summed E-state index contributed by atoms with van der Waals surface area (Å²) in [5.41, 5.74) is 1.82. The SMILES string of the molecule is COc1ccccc1NC(=O)c1nnc2ccccc2n1. The standard InChI is InChI=1S/C15H12N4O2/c1-21-13-9-5-4-8-12(13)17-15(20)14-16-10-6-2-3-7-11(10)18-19-14/h2-9H,1H3,(H,17,20). The summed E-state index contributed by atoms with van der Waals surface area (Å²) in [5.74, 6) is 0.150. The highest BCUT2D eigenvalue weighted by atomic mass is 16.5. The monoisotopic (exact) mass is 280 g/mol. The highest BCUT2D eigenvalue weighted by molar-refractivity contribution is 6.03. The number of ether oxygens (including phenoxy) is 1. The molecule has 0 saturated heterocycles. The van der Waals surface area contributed by atoms with E-state index in [0.29, 0.717) is 22.5 Å². The van der Waals surface area contributed by atoms with Gasteiger partial charge in [0.2, 0.25) is 5.82 Å². The lowest BCUT2D eigenvalue weighted by atomic mass is 10.3. The zero-order chi connectivity index (χ0) is 14.7. The molecule has 3 aromatic rings. The molecule has 0 saturated carbocycles. The second-order valence-electron chi connectivity index (χ2n) is 4.28. The van der Waals surface area contributed by atoms with E-state index in [-0.39, 0.29) is 5.82 Å². The van der Waals surface area contributed by atoms with Gasteiger partial charge in [0, 0.05) is 0 Å². The van der Waals surface area contributed by atoms with Gasteiger partial charge >= 0.3 is 0 Å². The van der Waals surface area contributed by atoms with E-state index in [4.69, 9.17) is 4.74 Å². The third kappa shape index (κ3) is 2.64. The molecule has 3 rings (SSSR count). The fourth-order valence-electron chi connectivity index (χ4n) is 1.90. The Bertz CT molecular complexity index is 804. The molecule has 6 nitrogen and oxygen atoms in total. The van der Waals surface area contributed by atoms with Crippen LogP contribution < -0.4 is 10.1 Å². The fraction of sp³-hybridized carbons (Fsp3) is 0.0667. The number of methoxy groups -OCH3 is 1. The van der Waals surface area contributed by atoms with Crippen LogP contribution in [0.25, 0.3) is 11.0 Å². The first-order valence-electron chi connectivity index (χ1n) is 6.32. The minimum Gasteiger partial charge on any atom is -0.495 e. The zero-order valence-electron chi connectivity index (χ0n) is 11.3. The molecular weight excluding hydrogens is 268 g/mol. The number of carbonyl (C=O) groups excluding carboxylic acids is 1. The van der Waals surface area contributed by atoms with Crippen molar-refractivity contribution in [2.45, 2.75) is 0 Å². The highest BCUT2D eigenvalue weighted by Crippen LogP contribution is 2.23. The first-order valence-corrected chi connectivity index (χ1v) is 6.32. The minimum atomic E-state index is -0.433. The molecule has 0 atom stereocenters. The van der Waals surface area contributed by atoms with Crippen LogP contribution in [-0.2, 0) is 0 Å². The summed E-state index contributed by atoms with van der Waals surface area (Å²) in [6.45, 7) is 0. The Morgan fingerprint density at radius 2 is 1.71 bits per heavy atom. The van der Waals surface area contributed by atoms with E-state index in [1.807, 2.05) is 18.2 Å². The predicted octanol–water partition coefficient (Wildman–Crippen LogP) is 2.29. The molecular formula is C15H12N4O2. The van der Waals surface area contributed by atoms with Crippen LogP contribution in [0.1, 0.15) is 10.6 Å². The van der Waals surface area contributed by atoms with E-state index in [0.717, 1.165) is 0 Å². The molecule has 104 valence electrons. The molecule has 1 aromatic heterocycles. The lowest BCUT2D eigenvalue weighted by molar-refractivity contribution is 0.101. The molecule has 0 bridgehead atoms. The van der Waals surface area contributed by atoms with Gasteiger partial charge in [-0.15, -0.1) is 10.2 Å². The van der Waals surface area contributed by atoms with Gasteiger partial charge in [0.1, 0.15) is 11.3 Å². The number of nitrogens with zero attached hydrogens (tertiary/aromatic N) is 3. The molecule has 6 heteroatoms. The lowest BCUT2D eigenvalue weighted by Crippen LogP contribution is -2.16. The molecule has 0 radical (unpaired) electrons. The van der Waals surface area contributed by atoms with Gasteiger partial charge in [-0.1, -0.05) is 24.3 Å². The summed E-state index contributed by atoms with van der Waals surface area (Å²) in [4.78, 5) is 16.4. The van der Waals surface area contributed by atoms with Gasteiger partial charge in [-0.2, -0.15) is 0 Å². The van der Waals surface area contributed by atoms with Crippen molar-refractivity contribution in [3.05, 3.63) is 54.4 Å². The average molecular weight is 280 g/mol. The van der Waals surface area contributed by atoms with Crippen LogP contribution in [0.5, 0.6) is 5.75 Å². The summed E-state index contributed by atoms with van der Waals surface area (Å²) >= 11 is 0. The van der Waals surface area contributed by atoms with Crippen LogP contribution >= 0.6 is 0 Å². The first kappa shape index (κ1) is 13.0. The normalized spacial score (nSPS) is 10.3. The van der Waals surface area contributed by atoms with E-state index in [2.05, 4.69) is 20.5 Å². The van der Waals surface area contributed by atoms with Crippen LogP contribution in [0.4, 0.5) is 5.69 Å². The van der Waals surface area contributed by atoms with Gasteiger partial charge in [-0.25, -0.2) is 4.98 Å². The summed E-state index contributed by atoms with van der Waals surface area (Å²) in [7, 11) is 1.54. The number of hydrogen-bond donors (Lipinski definition) is 1. The number of nitrogens with one attached hydrogen (secondary N) is 1. The summed E-state index contributed by atoms with van der Waals surface area (Å²) < 4.78 is 5.18. The summed E-state index contributed by atoms with van der Waals surface area (Å²) in [5, 5.41) is 10.5. The maximum absolute atomic E-state index is 12.2. The Kier molecular flexibility index (Phi) is 3.42. The maximum Gasteiger partial charge on any atom is 0.295 e. The third-order valence-electron chi connectivity index (χ3n) is 2.92. The largest absolute Gasteiger partial charge is 0.495 e. The lowest BCUT2D eigenvalue weighted by Gasteiger charge is -2.08. The number of fused-ring (bicyclic) bond motifs is 1. The average Bonchev–Trinajstić information content (AvgIpc) is 2.55. The van der Waals surface area contributed by atoms with Gasteiger partial charge in [-0.05, 0) is 24.3 Å². The topological polar surface area (TPSA) is 77.0 Å². The third-order valence-corrected chi connectivity index (χ3v) is 2.92. The molecule has 0 unspecified atom stereocenters. The number of benzene rings is 2. The second-order valence-corrected chi connectivity index (χ2v) is 4.28. The number of aromatic nitrogens is 3. The van der Waals surface area contributed by atoms with Crippen molar-refractivity contribution in [1.29, 1.82) is 0 Å². The fourth-order valence-corrected chi connectivity index (χ4v) is 1.90. The minimum absolute atomic E-state index is 0.0135. The van der Waals surface area contributed by atoms with Crippen LogP contribution in [0.15, 0.2) is 48.5 Å². The molecule has 0 aliphatic rings. The molecule has 0 fully saturated rings. The van der Waals surface area contributed by atoms with E-state index >= 15 is 0 Å². The Labute approximate surface area is 120 Å². The Balaban J connectivity index is 1.90. The van der Waals surface area contributed by atoms with E-state index in [1.54, 1.807) is 37.4 Å². The highest BCUT2D eigenvalue weighted by Gasteiger charge is 2.13. The number of amides is 1. The van der Waals surface area contributed by atoms with Crippen molar-refractivity contribution in [2.75, 3.05) is 12.4 Å². The maximum atomic E-state index is 12.2. The zero-order valence-corrected chi connectivity index (χ0v) is 11.3. The van der Waals surface area contributed by atoms with Crippen molar-refractivity contribution in [2.24, 2.45) is 0 Å². The first-order chi connectivity index (χ1) is 10.3. The Morgan fingerprint density at radius 1 is 1.00 bits per heavy atom. The van der Waals surface area contributed by atoms with Crippen LogP contribution in [-0.4, -0.2) is 28.2 Å². The number of hydrogen-bond acceptors (Lipinski definition) is 5. The number of rotatable bonds is 3.